The normalized spacial score (nSPS) is 16.7. The van der Waals surface area contributed by atoms with E-state index in [1.165, 1.54) is 11.6 Å². The molecule has 0 radical (unpaired) electrons. The first-order valence-corrected chi connectivity index (χ1v) is 11.9. The maximum Gasteiger partial charge on any atom is 0.294 e. The molecule has 2 aliphatic rings. The molecule has 30 heavy (non-hydrogen) atoms. The minimum atomic E-state index is -4.26. The Morgan fingerprint density at radius 1 is 1.10 bits per heavy atom. The van der Waals surface area contributed by atoms with E-state index in [9.17, 15) is 17.8 Å². The lowest BCUT2D eigenvalue weighted by Gasteiger charge is -2.30. The zero-order chi connectivity index (χ0) is 21.3. The van der Waals surface area contributed by atoms with Crippen molar-refractivity contribution in [2.24, 2.45) is 0 Å². The van der Waals surface area contributed by atoms with Gasteiger partial charge >= 0.3 is 0 Å². The fraction of sp³-hybridized carbons (Fsp3) is 0.391. The number of aromatic nitrogens is 1. The number of carbonyl (C=O) groups excluding carboxylic acids is 1. The molecule has 4 rings (SSSR count). The lowest BCUT2D eigenvalue weighted by Crippen LogP contribution is -2.36. The number of aryl methyl sites for hydroxylation is 2. The highest BCUT2D eigenvalue weighted by Gasteiger charge is 2.27. The summed E-state index contributed by atoms with van der Waals surface area (Å²) in [5, 5.41) is 0. The van der Waals surface area contributed by atoms with Crippen molar-refractivity contribution < 1.29 is 17.8 Å². The molecule has 1 aromatic carbocycles. The summed E-state index contributed by atoms with van der Waals surface area (Å²) in [5.41, 5.74) is 6.26. The molecular formula is C23H26N2O4S. The van der Waals surface area contributed by atoms with Gasteiger partial charge in [-0.05, 0) is 67.0 Å². The average Bonchev–Trinajstić information content (AvgIpc) is 2.90. The molecule has 1 amide bonds. The zero-order valence-electron chi connectivity index (χ0n) is 17.1. The van der Waals surface area contributed by atoms with E-state index >= 15 is 0 Å². The maximum atomic E-state index is 12.3. The molecule has 6 nitrogen and oxygen atoms in total. The van der Waals surface area contributed by atoms with Gasteiger partial charge in [-0.2, -0.15) is 8.42 Å². The molecule has 1 aliphatic carbocycles. The molecule has 0 spiro atoms. The quantitative estimate of drug-likeness (QED) is 0.757. The van der Waals surface area contributed by atoms with Crippen LogP contribution in [0.1, 0.15) is 55.0 Å². The van der Waals surface area contributed by atoms with Crippen LogP contribution in [0.3, 0.4) is 0 Å². The lowest BCUT2D eigenvalue weighted by molar-refractivity contribution is -0.131. The summed E-state index contributed by atoms with van der Waals surface area (Å²) in [6.45, 7) is 3.40. The molecule has 1 aliphatic heterocycles. The number of carbonyl (C=O) groups is 1. The maximum absolute atomic E-state index is 12.3. The standard InChI is InChI=1S/C23H26N2O4S/c1-2-4-21(26)25-13-10-16(11-14-25)22-20-9-8-19(30(27,28)29)15-18(20)7-6-17-5-3-12-24-23(17)22/h3,5,8-9,12,15H,2,4,6-7,10-11,13-14H2,1H3,(H,27,28,29). The third-order valence-corrected chi connectivity index (χ3v) is 6.82. The van der Waals surface area contributed by atoms with Gasteiger partial charge in [-0.3, -0.25) is 14.3 Å². The minimum absolute atomic E-state index is 0.0792. The fourth-order valence-electron chi connectivity index (χ4n) is 4.45. The van der Waals surface area contributed by atoms with E-state index in [1.54, 1.807) is 18.3 Å². The number of piperidine rings is 1. The SMILES string of the molecule is CCCC(=O)N1CCC(=C2c3ccc(S(=O)(=O)O)cc3CCc3cccnc32)CC1. The van der Waals surface area contributed by atoms with Crippen molar-refractivity contribution in [2.75, 3.05) is 13.1 Å². The molecule has 0 unspecified atom stereocenters. The van der Waals surface area contributed by atoms with Crippen molar-refractivity contribution in [1.82, 2.24) is 9.88 Å². The predicted octanol–water partition coefficient (Wildman–Crippen LogP) is 3.65. The molecule has 1 saturated heterocycles. The van der Waals surface area contributed by atoms with Gasteiger partial charge in [0.05, 0.1) is 10.6 Å². The highest BCUT2D eigenvalue weighted by atomic mass is 32.2. The molecule has 1 aromatic heterocycles. The average molecular weight is 427 g/mol. The Hall–Kier alpha value is -2.51. The van der Waals surface area contributed by atoms with Crippen LogP contribution in [0.25, 0.3) is 5.57 Å². The van der Waals surface area contributed by atoms with Crippen LogP contribution in [-0.2, 0) is 27.8 Å². The van der Waals surface area contributed by atoms with E-state index < -0.39 is 10.1 Å². The number of fused-ring (bicyclic) bond motifs is 2. The monoisotopic (exact) mass is 426 g/mol. The number of amides is 1. The van der Waals surface area contributed by atoms with E-state index in [4.69, 9.17) is 0 Å². The highest BCUT2D eigenvalue weighted by Crippen LogP contribution is 2.38. The minimum Gasteiger partial charge on any atom is -0.342 e. The summed E-state index contributed by atoms with van der Waals surface area (Å²) in [6, 6.07) is 8.82. The van der Waals surface area contributed by atoms with Crippen molar-refractivity contribution in [3.05, 3.63) is 64.5 Å². The van der Waals surface area contributed by atoms with Gasteiger partial charge in [0.15, 0.2) is 0 Å². The topological polar surface area (TPSA) is 87.6 Å². The van der Waals surface area contributed by atoms with Crippen LogP contribution < -0.4 is 0 Å². The van der Waals surface area contributed by atoms with Crippen molar-refractivity contribution in [1.29, 1.82) is 0 Å². The third kappa shape index (κ3) is 4.04. The molecule has 0 saturated carbocycles. The summed E-state index contributed by atoms with van der Waals surface area (Å²) < 4.78 is 32.8. The Labute approximate surface area is 177 Å². The van der Waals surface area contributed by atoms with Gasteiger partial charge in [0.2, 0.25) is 5.91 Å². The Kier molecular flexibility index (Phi) is 5.75. The van der Waals surface area contributed by atoms with Crippen molar-refractivity contribution in [2.45, 2.75) is 50.3 Å². The lowest BCUT2D eigenvalue weighted by atomic mass is 9.88. The first kappa shape index (κ1) is 20.8. The van der Waals surface area contributed by atoms with Crippen LogP contribution in [0.5, 0.6) is 0 Å². The van der Waals surface area contributed by atoms with Crippen LogP contribution in [0.4, 0.5) is 0 Å². The largest absolute Gasteiger partial charge is 0.342 e. The number of pyridine rings is 1. The summed E-state index contributed by atoms with van der Waals surface area (Å²) in [4.78, 5) is 18.8. The van der Waals surface area contributed by atoms with Crippen LogP contribution in [-0.4, -0.2) is 41.9 Å². The summed E-state index contributed by atoms with van der Waals surface area (Å²) in [5.74, 6) is 0.208. The molecule has 1 N–H and O–H groups in total. The van der Waals surface area contributed by atoms with Crippen molar-refractivity contribution >= 4 is 21.6 Å². The van der Waals surface area contributed by atoms with Gasteiger partial charge in [-0.1, -0.05) is 24.6 Å². The van der Waals surface area contributed by atoms with Gasteiger partial charge in [-0.25, -0.2) is 0 Å². The van der Waals surface area contributed by atoms with Gasteiger partial charge in [0.1, 0.15) is 0 Å². The molecule has 0 atom stereocenters. The Balaban J connectivity index is 1.79. The number of likely N-dealkylation sites (tertiary alicyclic amines) is 1. The first-order valence-electron chi connectivity index (χ1n) is 10.4. The molecule has 0 bridgehead atoms. The smallest absolute Gasteiger partial charge is 0.294 e. The van der Waals surface area contributed by atoms with E-state index in [1.807, 2.05) is 17.9 Å². The molecule has 7 heteroatoms. The van der Waals surface area contributed by atoms with Crippen molar-refractivity contribution in [3.8, 4) is 0 Å². The van der Waals surface area contributed by atoms with Gasteiger partial charge in [0, 0.05) is 31.3 Å². The van der Waals surface area contributed by atoms with Crippen LogP contribution in [0.2, 0.25) is 0 Å². The van der Waals surface area contributed by atoms with E-state index in [2.05, 4.69) is 11.1 Å². The van der Waals surface area contributed by atoms with E-state index in [0.29, 0.717) is 25.9 Å². The second-order valence-corrected chi connectivity index (χ2v) is 9.34. The van der Waals surface area contributed by atoms with Gasteiger partial charge in [0.25, 0.3) is 10.1 Å². The fourth-order valence-corrected chi connectivity index (χ4v) is 4.98. The second-order valence-electron chi connectivity index (χ2n) is 7.91. The summed E-state index contributed by atoms with van der Waals surface area (Å²) >= 11 is 0. The third-order valence-electron chi connectivity index (χ3n) is 5.97. The Bertz CT molecular complexity index is 1110. The highest BCUT2D eigenvalue weighted by molar-refractivity contribution is 7.85. The summed E-state index contributed by atoms with van der Waals surface area (Å²) in [7, 11) is -4.26. The Morgan fingerprint density at radius 3 is 2.53 bits per heavy atom. The first-order chi connectivity index (χ1) is 14.4. The van der Waals surface area contributed by atoms with Gasteiger partial charge in [-0.15, -0.1) is 0 Å². The number of hydrogen-bond donors (Lipinski definition) is 1. The zero-order valence-corrected chi connectivity index (χ0v) is 17.9. The molecule has 1 fully saturated rings. The van der Waals surface area contributed by atoms with Crippen LogP contribution >= 0.6 is 0 Å². The molecule has 2 heterocycles. The Morgan fingerprint density at radius 2 is 1.83 bits per heavy atom. The molecule has 2 aromatic rings. The van der Waals surface area contributed by atoms with Crippen LogP contribution in [0, 0.1) is 0 Å². The molecule has 158 valence electrons. The summed E-state index contributed by atoms with van der Waals surface area (Å²) in [6.07, 6.45) is 6.21. The van der Waals surface area contributed by atoms with Gasteiger partial charge < -0.3 is 4.90 Å². The second kappa shape index (κ2) is 8.32. The van der Waals surface area contributed by atoms with E-state index in [-0.39, 0.29) is 10.8 Å². The number of hydrogen-bond acceptors (Lipinski definition) is 4. The van der Waals surface area contributed by atoms with Crippen molar-refractivity contribution in [3.63, 3.8) is 0 Å². The van der Waals surface area contributed by atoms with Crippen LogP contribution in [0.15, 0.2) is 47.0 Å². The number of rotatable bonds is 3. The molecular weight excluding hydrogens is 400 g/mol. The number of nitrogens with zero attached hydrogens (tertiary/aromatic N) is 2. The predicted molar refractivity (Wildman–Crippen MR) is 115 cm³/mol. The van der Waals surface area contributed by atoms with E-state index in [0.717, 1.165) is 53.6 Å². The number of benzene rings is 1.